The summed E-state index contributed by atoms with van der Waals surface area (Å²) in [4.78, 5) is 0. The minimum Gasteiger partial charge on any atom is -0.323 e. The van der Waals surface area contributed by atoms with E-state index in [0.717, 1.165) is 24.3 Å². The van der Waals surface area contributed by atoms with Gasteiger partial charge < -0.3 is 4.57 Å². The molecule has 0 saturated heterocycles. The molecule has 0 radical (unpaired) electrons. The standard InChI is InChI=1S/C10H22BrOP/c1-5-9(3)13(12,8-7-11)10(4)6-2/h9-10H,5-8H2,1-4H3. The molecule has 2 atom stereocenters. The number of halogens is 1. The number of alkyl halides is 1. The molecule has 0 aliphatic rings. The molecule has 0 aromatic rings. The van der Waals surface area contributed by atoms with Crippen LogP contribution in [-0.4, -0.2) is 22.8 Å². The van der Waals surface area contributed by atoms with Crippen molar-refractivity contribution in [2.45, 2.75) is 51.9 Å². The average molecular weight is 269 g/mol. The molecule has 3 heteroatoms. The maximum Gasteiger partial charge on any atom is 0.0938 e. The van der Waals surface area contributed by atoms with Crippen LogP contribution in [0.2, 0.25) is 0 Å². The molecule has 0 N–H and O–H groups in total. The van der Waals surface area contributed by atoms with Gasteiger partial charge in [-0.1, -0.05) is 43.6 Å². The average Bonchev–Trinajstić information content (AvgIpc) is 2.15. The zero-order valence-electron chi connectivity index (χ0n) is 9.22. The molecule has 0 rings (SSSR count). The van der Waals surface area contributed by atoms with Crippen molar-refractivity contribution in [3.05, 3.63) is 0 Å². The number of rotatable bonds is 6. The van der Waals surface area contributed by atoms with E-state index in [4.69, 9.17) is 0 Å². The molecule has 13 heavy (non-hydrogen) atoms. The Balaban J connectivity index is 4.61. The maximum atomic E-state index is 12.6. The van der Waals surface area contributed by atoms with Crippen molar-refractivity contribution in [1.82, 2.24) is 0 Å². The minimum absolute atomic E-state index is 0.389. The fraction of sp³-hybridized carbons (Fsp3) is 1.00. The molecule has 0 amide bonds. The summed E-state index contributed by atoms with van der Waals surface area (Å²) in [5.41, 5.74) is 0.778. The van der Waals surface area contributed by atoms with E-state index in [9.17, 15) is 4.57 Å². The molecule has 0 spiro atoms. The summed E-state index contributed by atoms with van der Waals surface area (Å²) in [6.45, 7) is 8.53. The van der Waals surface area contributed by atoms with Crippen LogP contribution in [0.3, 0.4) is 0 Å². The quantitative estimate of drug-likeness (QED) is 0.517. The fourth-order valence-electron chi connectivity index (χ4n) is 1.63. The van der Waals surface area contributed by atoms with Gasteiger partial charge in [0, 0.05) is 22.8 Å². The van der Waals surface area contributed by atoms with Crippen molar-refractivity contribution in [2.75, 3.05) is 11.5 Å². The highest BCUT2D eigenvalue weighted by molar-refractivity contribution is 9.09. The van der Waals surface area contributed by atoms with Crippen LogP contribution in [0.5, 0.6) is 0 Å². The first-order valence-corrected chi connectivity index (χ1v) is 8.32. The van der Waals surface area contributed by atoms with E-state index >= 15 is 0 Å². The second-order valence-corrected chi connectivity index (χ2v) is 8.49. The van der Waals surface area contributed by atoms with Gasteiger partial charge in [0.1, 0.15) is 0 Å². The SMILES string of the molecule is CCC(C)P(=O)(CCBr)C(C)CC. The van der Waals surface area contributed by atoms with Gasteiger partial charge in [-0.2, -0.15) is 0 Å². The van der Waals surface area contributed by atoms with Crippen LogP contribution < -0.4 is 0 Å². The molecule has 0 fully saturated rings. The summed E-state index contributed by atoms with van der Waals surface area (Å²) in [6.07, 6.45) is 2.93. The highest BCUT2D eigenvalue weighted by Gasteiger charge is 2.32. The third-order valence-corrected chi connectivity index (χ3v) is 8.75. The summed E-state index contributed by atoms with van der Waals surface area (Å²) in [6, 6.07) is 0. The molecule has 1 nitrogen and oxygen atoms in total. The second-order valence-electron chi connectivity index (χ2n) is 3.78. The van der Waals surface area contributed by atoms with Gasteiger partial charge in [0.25, 0.3) is 0 Å². The van der Waals surface area contributed by atoms with E-state index in [2.05, 4.69) is 43.6 Å². The van der Waals surface area contributed by atoms with Crippen molar-refractivity contribution >= 4 is 23.1 Å². The van der Waals surface area contributed by atoms with Crippen LogP contribution in [0.25, 0.3) is 0 Å². The normalized spacial score (nSPS) is 20.7. The summed E-state index contributed by atoms with van der Waals surface area (Å²) in [7, 11) is -1.95. The number of hydrogen-bond donors (Lipinski definition) is 0. The summed E-state index contributed by atoms with van der Waals surface area (Å²) in [5, 5.41) is 0.874. The van der Waals surface area contributed by atoms with Crippen molar-refractivity contribution in [2.24, 2.45) is 0 Å². The third-order valence-electron chi connectivity index (χ3n) is 3.11. The lowest BCUT2D eigenvalue weighted by atomic mass is 10.4. The lowest BCUT2D eigenvalue weighted by Crippen LogP contribution is -2.16. The smallest absolute Gasteiger partial charge is 0.0938 e. The molecule has 80 valence electrons. The highest BCUT2D eigenvalue weighted by Crippen LogP contribution is 2.57. The van der Waals surface area contributed by atoms with Crippen molar-refractivity contribution in [3.8, 4) is 0 Å². The van der Waals surface area contributed by atoms with Gasteiger partial charge in [-0.15, -0.1) is 0 Å². The largest absolute Gasteiger partial charge is 0.323 e. The Hall–Kier alpha value is 0.710. The van der Waals surface area contributed by atoms with Gasteiger partial charge >= 0.3 is 0 Å². The topological polar surface area (TPSA) is 17.1 Å². The van der Waals surface area contributed by atoms with Gasteiger partial charge in [0.2, 0.25) is 0 Å². The first-order valence-electron chi connectivity index (χ1n) is 5.17. The summed E-state index contributed by atoms with van der Waals surface area (Å²) in [5.74, 6) is 0. The molecular formula is C10H22BrOP. The third kappa shape index (κ3) is 3.40. The van der Waals surface area contributed by atoms with Crippen molar-refractivity contribution < 1.29 is 4.57 Å². The van der Waals surface area contributed by atoms with E-state index in [1.807, 2.05) is 0 Å². The van der Waals surface area contributed by atoms with Gasteiger partial charge in [-0.3, -0.25) is 0 Å². The molecule has 0 heterocycles. The Kier molecular flexibility index (Phi) is 6.58. The van der Waals surface area contributed by atoms with Gasteiger partial charge in [-0.25, -0.2) is 0 Å². The molecule has 0 aromatic carbocycles. The van der Waals surface area contributed by atoms with Crippen LogP contribution in [0.1, 0.15) is 40.5 Å². The van der Waals surface area contributed by atoms with Crippen LogP contribution in [0.4, 0.5) is 0 Å². The van der Waals surface area contributed by atoms with Crippen LogP contribution in [0, 0.1) is 0 Å². The first-order chi connectivity index (χ1) is 6.02. The minimum atomic E-state index is -1.95. The summed E-state index contributed by atoms with van der Waals surface area (Å²) < 4.78 is 12.6. The second kappa shape index (κ2) is 6.24. The Labute approximate surface area is 91.2 Å². The van der Waals surface area contributed by atoms with E-state index in [-0.39, 0.29) is 0 Å². The number of hydrogen-bond acceptors (Lipinski definition) is 1. The predicted molar refractivity (Wildman–Crippen MR) is 65.8 cm³/mol. The zero-order chi connectivity index (χ0) is 10.5. The van der Waals surface area contributed by atoms with Crippen LogP contribution in [-0.2, 0) is 4.57 Å². The Morgan fingerprint density at radius 3 is 1.77 bits per heavy atom. The van der Waals surface area contributed by atoms with E-state index in [0.29, 0.717) is 11.3 Å². The monoisotopic (exact) mass is 268 g/mol. The highest BCUT2D eigenvalue weighted by atomic mass is 79.9. The van der Waals surface area contributed by atoms with Crippen molar-refractivity contribution in [3.63, 3.8) is 0 Å². The zero-order valence-corrected chi connectivity index (χ0v) is 11.7. The molecule has 0 saturated carbocycles. The van der Waals surface area contributed by atoms with Gasteiger partial charge in [-0.05, 0) is 12.8 Å². The molecule has 2 unspecified atom stereocenters. The fourth-order valence-corrected chi connectivity index (χ4v) is 6.54. The van der Waals surface area contributed by atoms with Gasteiger partial charge in [0.15, 0.2) is 0 Å². The predicted octanol–water partition coefficient (Wildman–Crippen LogP) is 4.34. The van der Waals surface area contributed by atoms with Crippen LogP contribution >= 0.6 is 23.1 Å². The molecule has 0 aromatic heterocycles. The Morgan fingerprint density at radius 1 is 1.15 bits per heavy atom. The lowest BCUT2D eigenvalue weighted by molar-refractivity contribution is 0.553. The Bertz CT molecular complexity index is 168. The first kappa shape index (κ1) is 13.7. The Morgan fingerprint density at radius 2 is 1.54 bits per heavy atom. The lowest BCUT2D eigenvalue weighted by Gasteiger charge is -2.28. The molecular weight excluding hydrogens is 247 g/mol. The van der Waals surface area contributed by atoms with E-state index in [1.54, 1.807) is 0 Å². The maximum absolute atomic E-state index is 12.6. The molecule has 0 bridgehead atoms. The molecule has 0 aliphatic heterocycles. The van der Waals surface area contributed by atoms with E-state index < -0.39 is 7.14 Å². The van der Waals surface area contributed by atoms with Crippen LogP contribution in [0.15, 0.2) is 0 Å². The summed E-state index contributed by atoms with van der Waals surface area (Å²) >= 11 is 3.41. The van der Waals surface area contributed by atoms with Crippen molar-refractivity contribution in [1.29, 1.82) is 0 Å². The molecule has 0 aliphatic carbocycles. The van der Waals surface area contributed by atoms with E-state index in [1.165, 1.54) is 0 Å². The van der Waals surface area contributed by atoms with Gasteiger partial charge in [0.05, 0.1) is 7.14 Å².